The number of hydrogen-bond donors (Lipinski definition) is 2. The van der Waals surface area contributed by atoms with Gasteiger partial charge < -0.3 is 20.1 Å². The van der Waals surface area contributed by atoms with Crippen LogP contribution in [0.5, 0.6) is 5.75 Å². The van der Waals surface area contributed by atoms with E-state index in [1.54, 1.807) is 30.3 Å². The Morgan fingerprint density at radius 1 is 1.24 bits per heavy atom. The second-order valence-electron chi connectivity index (χ2n) is 6.43. The molecule has 0 aliphatic carbocycles. The quantitative estimate of drug-likeness (QED) is 0.577. The number of anilines is 1. The van der Waals surface area contributed by atoms with E-state index in [4.69, 9.17) is 32.7 Å². The first-order valence-electron chi connectivity index (χ1n) is 9.00. The number of benzene rings is 2. The number of amides is 2. The van der Waals surface area contributed by atoms with Gasteiger partial charge in [-0.2, -0.15) is 0 Å². The van der Waals surface area contributed by atoms with Crippen LogP contribution in [-0.2, 0) is 9.53 Å². The van der Waals surface area contributed by atoms with Crippen LogP contribution in [0.3, 0.4) is 0 Å². The zero-order chi connectivity index (χ0) is 20.8. The van der Waals surface area contributed by atoms with Crippen LogP contribution in [0.25, 0.3) is 0 Å². The number of halogens is 3. The minimum Gasteiger partial charge on any atom is -0.481 e. The Hall–Kier alpha value is -1.80. The highest BCUT2D eigenvalue weighted by Gasteiger charge is 2.19. The highest BCUT2D eigenvalue weighted by molar-refractivity contribution is 9.10. The van der Waals surface area contributed by atoms with E-state index < -0.39 is 5.91 Å². The van der Waals surface area contributed by atoms with Gasteiger partial charge in [0, 0.05) is 18.2 Å². The lowest BCUT2D eigenvalue weighted by atomic mass is 10.1. The summed E-state index contributed by atoms with van der Waals surface area (Å²) in [6, 6.07) is 9.92. The molecule has 3 rings (SSSR count). The number of nitrogens with one attached hydrogen (secondary N) is 2. The highest BCUT2D eigenvalue weighted by Crippen LogP contribution is 2.36. The summed E-state index contributed by atoms with van der Waals surface area (Å²) < 4.78 is 11.6. The Kier molecular flexibility index (Phi) is 7.77. The fraction of sp³-hybridized carbons (Fsp3) is 0.300. The maximum absolute atomic E-state index is 12.5. The molecule has 0 bridgehead atoms. The first kappa shape index (κ1) is 21.9. The highest BCUT2D eigenvalue weighted by atomic mass is 79.9. The van der Waals surface area contributed by atoms with Crippen molar-refractivity contribution < 1.29 is 19.1 Å². The van der Waals surface area contributed by atoms with E-state index in [2.05, 4.69) is 26.6 Å². The number of carbonyl (C=O) groups is 2. The van der Waals surface area contributed by atoms with Crippen molar-refractivity contribution in [2.45, 2.75) is 18.9 Å². The predicted octanol–water partition coefficient (Wildman–Crippen LogP) is 4.68. The average Bonchev–Trinajstić information content (AvgIpc) is 3.19. The van der Waals surface area contributed by atoms with Gasteiger partial charge in [0.15, 0.2) is 12.4 Å². The number of ether oxygens (including phenoxy) is 2. The van der Waals surface area contributed by atoms with Crippen LogP contribution in [0, 0.1) is 0 Å². The summed E-state index contributed by atoms with van der Waals surface area (Å²) in [6.45, 7) is 0.875. The van der Waals surface area contributed by atoms with Gasteiger partial charge in [0.2, 0.25) is 0 Å². The van der Waals surface area contributed by atoms with E-state index in [0.29, 0.717) is 33.0 Å². The second-order valence-corrected chi connectivity index (χ2v) is 8.12. The molecular weight excluding hydrogens is 483 g/mol. The lowest BCUT2D eigenvalue weighted by molar-refractivity contribution is -0.118. The van der Waals surface area contributed by atoms with Gasteiger partial charge in [-0.3, -0.25) is 9.59 Å². The first-order valence-corrected chi connectivity index (χ1v) is 10.5. The van der Waals surface area contributed by atoms with Crippen molar-refractivity contribution in [3.05, 3.63) is 56.5 Å². The van der Waals surface area contributed by atoms with Crippen LogP contribution < -0.4 is 15.4 Å². The van der Waals surface area contributed by atoms with E-state index in [-0.39, 0.29) is 23.6 Å². The third kappa shape index (κ3) is 6.09. The number of hydrogen-bond acceptors (Lipinski definition) is 4. The summed E-state index contributed by atoms with van der Waals surface area (Å²) in [6.07, 6.45) is 1.97. The normalized spacial score (nSPS) is 15.8. The van der Waals surface area contributed by atoms with Crippen LogP contribution in [0.1, 0.15) is 23.2 Å². The van der Waals surface area contributed by atoms with Crippen LogP contribution in [0.15, 0.2) is 40.9 Å². The Balaban J connectivity index is 1.59. The number of rotatable bonds is 7. The molecule has 1 saturated heterocycles. The van der Waals surface area contributed by atoms with E-state index in [9.17, 15) is 9.59 Å². The fourth-order valence-electron chi connectivity index (χ4n) is 2.89. The van der Waals surface area contributed by atoms with Crippen molar-refractivity contribution in [3.63, 3.8) is 0 Å². The van der Waals surface area contributed by atoms with Crippen molar-refractivity contribution in [2.75, 3.05) is 25.1 Å². The predicted molar refractivity (Wildman–Crippen MR) is 116 cm³/mol. The lowest BCUT2D eigenvalue weighted by Crippen LogP contribution is -2.32. The summed E-state index contributed by atoms with van der Waals surface area (Å²) in [4.78, 5) is 24.9. The Morgan fingerprint density at radius 3 is 2.76 bits per heavy atom. The largest absolute Gasteiger partial charge is 0.481 e. The number of para-hydroxylation sites is 1. The molecule has 29 heavy (non-hydrogen) atoms. The van der Waals surface area contributed by atoms with Crippen molar-refractivity contribution in [1.82, 2.24) is 5.32 Å². The zero-order valence-corrected chi connectivity index (χ0v) is 18.4. The Bertz CT molecular complexity index is 881. The molecule has 1 heterocycles. The molecule has 0 aromatic heterocycles. The molecule has 0 radical (unpaired) electrons. The van der Waals surface area contributed by atoms with Gasteiger partial charge in [0.1, 0.15) is 0 Å². The summed E-state index contributed by atoms with van der Waals surface area (Å²) in [5, 5.41) is 6.28. The minimum absolute atomic E-state index is 0.0386. The van der Waals surface area contributed by atoms with Crippen LogP contribution in [-0.4, -0.2) is 37.7 Å². The summed E-state index contributed by atoms with van der Waals surface area (Å²) in [7, 11) is 0. The Morgan fingerprint density at radius 2 is 2.03 bits per heavy atom. The topological polar surface area (TPSA) is 76.7 Å². The maximum atomic E-state index is 12.5. The summed E-state index contributed by atoms with van der Waals surface area (Å²) >= 11 is 15.3. The Labute approximate surface area is 187 Å². The fourth-order valence-corrected chi connectivity index (χ4v) is 4.26. The molecule has 6 nitrogen and oxygen atoms in total. The lowest BCUT2D eigenvalue weighted by Gasteiger charge is -2.14. The second kappa shape index (κ2) is 10.3. The zero-order valence-electron chi connectivity index (χ0n) is 15.3. The molecule has 1 aliphatic rings. The van der Waals surface area contributed by atoms with Gasteiger partial charge in [0.05, 0.1) is 26.9 Å². The van der Waals surface area contributed by atoms with E-state index in [0.717, 1.165) is 19.4 Å². The van der Waals surface area contributed by atoms with Gasteiger partial charge in [0.25, 0.3) is 11.8 Å². The van der Waals surface area contributed by atoms with Gasteiger partial charge >= 0.3 is 0 Å². The molecule has 0 unspecified atom stereocenters. The van der Waals surface area contributed by atoms with Crippen LogP contribution in [0.4, 0.5) is 5.69 Å². The van der Waals surface area contributed by atoms with Gasteiger partial charge in [-0.15, -0.1) is 0 Å². The summed E-state index contributed by atoms with van der Waals surface area (Å²) in [5.41, 5.74) is 0.761. The molecular formula is C20H19BrCl2N2O4. The van der Waals surface area contributed by atoms with Crippen molar-refractivity contribution in [3.8, 4) is 5.75 Å². The van der Waals surface area contributed by atoms with Gasteiger partial charge in [-0.1, -0.05) is 35.3 Å². The molecule has 0 saturated carbocycles. The van der Waals surface area contributed by atoms with Crippen molar-refractivity contribution in [1.29, 1.82) is 0 Å². The first-order chi connectivity index (χ1) is 13.9. The molecule has 1 fully saturated rings. The summed E-state index contributed by atoms with van der Waals surface area (Å²) in [5.74, 6) is -0.392. The molecule has 2 N–H and O–H groups in total. The molecule has 1 aliphatic heterocycles. The van der Waals surface area contributed by atoms with Gasteiger partial charge in [-0.25, -0.2) is 0 Å². The van der Waals surface area contributed by atoms with E-state index >= 15 is 0 Å². The third-order valence-electron chi connectivity index (χ3n) is 4.27. The minimum atomic E-state index is -0.428. The monoisotopic (exact) mass is 500 g/mol. The molecule has 2 aromatic carbocycles. The van der Waals surface area contributed by atoms with Crippen LogP contribution in [0.2, 0.25) is 10.0 Å². The van der Waals surface area contributed by atoms with E-state index in [1.807, 2.05) is 0 Å². The van der Waals surface area contributed by atoms with Crippen molar-refractivity contribution >= 4 is 56.6 Å². The van der Waals surface area contributed by atoms with Crippen LogP contribution >= 0.6 is 39.1 Å². The van der Waals surface area contributed by atoms with Gasteiger partial charge in [-0.05, 0) is 53.0 Å². The molecule has 2 amide bonds. The molecule has 154 valence electrons. The third-order valence-corrected chi connectivity index (χ3v) is 5.36. The maximum Gasteiger partial charge on any atom is 0.262 e. The number of carbonyl (C=O) groups excluding carboxylic acids is 2. The SMILES string of the molecule is O=C(COc1c(Cl)cc(Cl)cc1Br)Nc1ccccc1C(=O)NC[C@H]1CCCO1. The van der Waals surface area contributed by atoms with Crippen molar-refractivity contribution in [2.24, 2.45) is 0 Å². The standard InChI is InChI=1S/C20H19BrCl2N2O4/c21-15-8-12(22)9-16(23)19(15)29-11-18(26)25-17-6-2-1-5-14(17)20(27)24-10-13-4-3-7-28-13/h1-2,5-6,8-9,13H,3-4,7,10-11H2,(H,24,27)(H,25,26)/t13-/m1/s1. The molecule has 2 aromatic rings. The smallest absolute Gasteiger partial charge is 0.262 e. The van der Waals surface area contributed by atoms with E-state index in [1.165, 1.54) is 6.07 Å². The molecule has 1 atom stereocenters. The molecule has 9 heteroatoms. The molecule has 0 spiro atoms. The average molecular weight is 502 g/mol.